The molecule has 3 nitrogen and oxygen atoms in total. The molecule has 0 spiro atoms. The lowest BCUT2D eigenvalue weighted by atomic mass is 9.86. The Hall–Kier alpha value is -1.49. The molecule has 0 saturated carbocycles. The van der Waals surface area contributed by atoms with E-state index in [1.165, 1.54) is 17.0 Å². The lowest BCUT2D eigenvalue weighted by molar-refractivity contribution is -0.127. The van der Waals surface area contributed by atoms with E-state index in [1.807, 2.05) is 20.8 Å². The molecule has 2 rings (SSSR count). The zero-order chi connectivity index (χ0) is 17.0. The molecule has 1 aliphatic rings. The van der Waals surface area contributed by atoms with Gasteiger partial charge in [-0.1, -0.05) is 27.2 Å². The number of halogens is 2. The zero-order valence-corrected chi connectivity index (χ0v) is 14.1. The number of amides is 1. The van der Waals surface area contributed by atoms with E-state index in [-0.39, 0.29) is 17.7 Å². The molecule has 0 bridgehead atoms. The molecule has 1 aliphatic heterocycles. The smallest absolute Gasteiger partial charge is 0.232 e. The number of hydrogen-bond acceptors (Lipinski definition) is 2. The van der Waals surface area contributed by atoms with Crippen molar-refractivity contribution in [2.75, 3.05) is 18.1 Å². The molecule has 1 fully saturated rings. The average Bonchev–Trinajstić information content (AvgIpc) is 2.97. The summed E-state index contributed by atoms with van der Waals surface area (Å²) in [6, 6.07) is 3.33. The van der Waals surface area contributed by atoms with Crippen LogP contribution in [0, 0.1) is 17.0 Å². The summed E-state index contributed by atoms with van der Waals surface area (Å²) < 4.78 is 33.0. The van der Waals surface area contributed by atoms with Crippen molar-refractivity contribution in [2.24, 2.45) is 5.41 Å². The van der Waals surface area contributed by atoms with Crippen LogP contribution in [0.25, 0.3) is 0 Å². The van der Waals surface area contributed by atoms with Crippen molar-refractivity contribution in [1.29, 1.82) is 0 Å². The molecule has 1 saturated heterocycles. The van der Waals surface area contributed by atoms with Gasteiger partial charge in [-0.15, -0.1) is 0 Å². The number of carbonyl (C=O) groups excluding carboxylic acids is 1. The predicted octanol–water partition coefficient (Wildman–Crippen LogP) is 4.30. The van der Waals surface area contributed by atoms with Gasteiger partial charge in [-0.05, 0) is 31.4 Å². The minimum Gasteiger partial charge on any atom is -0.376 e. The van der Waals surface area contributed by atoms with Crippen LogP contribution >= 0.6 is 0 Å². The summed E-state index contributed by atoms with van der Waals surface area (Å²) in [7, 11) is 0. The molecule has 1 atom stereocenters. The maximum Gasteiger partial charge on any atom is 0.232 e. The fourth-order valence-electron chi connectivity index (χ4n) is 3.08. The van der Waals surface area contributed by atoms with E-state index in [4.69, 9.17) is 4.74 Å². The van der Waals surface area contributed by atoms with Gasteiger partial charge in [0.15, 0.2) is 0 Å². The van der Waals surface area contributed by atoms with Crippen molar-refractivity contribution in [3.05, 3.63) is 29.8 Å². The Bertz CT molecular complexity index is 554. The predicted molar refractivity (Wildman–Crippen MR) is 86.4 cm³/mol. The highest BCUT2D eigenvalue weighted by Crippen LogP contribution is 2.31. The summed E-state index contributed by atoms with van der Waals surface area (Å²) in [6.07, 6.45) is 3.26. The SMILES string of the molecule is CCCC(C)(C)C(=O)N(CC1CCCO1)c1ccc(F)cc1F. The Labute approximate surface area is 136 Å². The summed E-state index contributed by atoms with van der Waals surface area (Å²) >= 11 is 0. The Morgan fingerprint density at radius 1 is 1.39 bits per heavy atom. The summed E-state index contributed by atoms with van der Waals surface area (Å²) in [5.41, 5.74) is -0.482. The average molecular weight is 325 g/mol. The molecule has 23 heavy (non-hydrogen) atoms. The highest BCUT2D eigenvalue weighted by Gasteiger charge is 2.35. The third-order valence-corrected chi connectivity index (χ3v) is 4.31. The van der Waals surface area contributed by atoms with Gasteiger partial charge in [0, 0.05) is 18.1 Å². The van der Waals surface area contributed by atoms with E-state index < -0.39 is 17.0 Å². The summed E-state index contributed by atoms with van der Waals surface area (Å²) in [4.78, 5) is 14.4. The van der Waals surface area contributed by atoms with Crippen LogP contribution in [0.4, 0.5) is 14.5 Å². The lowest BCUT2D eigenvalue weighted by Gasteiger charge is -2.33. The van der Waals surface area contributed by atoms with Crippen molar-refractivity contribution in [1.82, 2.24) is 0 Å². The number of ether oxygens (including phenoxy) is 1. The quantitative estimate of drug-likeness (QED) is 0.780. The number of rotatable bonds is 6. The lowest BCUT2D eigenvalue weighted by Crippen LogP contribution is -2.45. The normalized spacial score (nSPS) is 18.2. The first-order valence-corrected chi connectivity index (χ1v) is 8.24. The molecule has 1 unspecified atom stereocenters. The van der Waals surface area contributed by atoms with Gasteiger partial charge in [0.2, 0.25) is 5.91 Å². The molecule has 0 aliphatic carbocycles. The monoisotopic (exact) mass is 325 g/mol. The van der Waals surface area contributed by atoms with E-state index in [2.05, 4.69) is 0 Å². The van der Waals surface area contributed by atoms with E-state index in [9.17, 15) is 13.6 Å². The van der Waals surface area contributed by atoms with Crippen molar-refractivity contribution >= 4 is 11.6 Å². The van der Waals surface area contributed by atoms with Gasteiger partial charge in [-0.25, -0.2) is 8.78 Å². The molecule has 1 aromatic rings. The third kappa shape index (κ3) is 4.28. The van der Waals surface area contributed by atoms with E-state index >= 15 is 0 Å². The van der Waals surface area contributed by atoms with Crippen molar-refractivity contribution in [3.63, 3.8) is 0 Å². The Balaban J connectivity index is 2.32. The van der Waals surface area contributed by atoms with E-state index in [1.54, 1.807) is 0 Å². The van der Waals surface area contributed by atoms with Crippen LogP contribution in [-0.4, -0.2) is 25.2 Å². The first-order valence-electron chi connectivity index (χ1n) is 8.24. The number of carbonyl (C=O) groups is 1. The molecular formula is C18H25F2NO2. The first kappa shape index (κ1) is 17.9. The van der Waals surface area contributed by atoms with E-state index in [0.29, 0.717) is 19.6 Å². The van der Waals surface area contributed by atoms with Gasteiger partial charge in [-0.2, -0.15) is 0 Å². The first-order chi connectivity index (χ1) is 10.8. The maximum atomic E-state index is 14.2. The Morgan fingerprint density at radius 2 is 2.13 bits per heavy atom. The largest absolute Gasteiger partial charge is 0.376 e. The van der Waals surface area contributed by atoms with Crippen LogP contribution in [-0.2, 0) is 9.53 Å². The molecule has 128 valence electrons. The summed E-state index contributed by atoms with van der Waals surface area (Å²) in [5.74, 6) is -1.52. The molecule has 1 amide bonds. The molecule has 1 aromatic carbocycles. The van der Waals surface area contributed by atoms with Crippen LogP contribution in [0.1, 0.15) is 46.5 Å². The van der Waals surface area contributed by atoms with Crippen molar-refractivity contribution in [3.8, 4) is 0 Å². The van der Waals surface area contributed by atoms with Gasteiger partial charge in [0.1, 0.15) is 11.6 Å². The summed E-state index contributed by atoms with van der Waals surface area (Å²) in [6.45, 7) is 6.70. The third-order valence-electron chi connectivity index (χ3n) is 4.31. The molecule has 5 heteroatoms. The van der Waals surface area contributed by atoms with E-state index in [0.717, 1.165) is 25.3 Å². The minimum atomic E-state index is -0.719. The summed E-state index contributed by atoms with van der Waals surface area (Å²) in [5, 5.41) is 0. The number of benzene rings is 1. The van der Waals surface area contributed by atoms with Crippen molar-refractivity contribution < 1.29 is 18.3 Å². The number of nitrogens with zero attached hydrogens (tertiary/aromatic N) is 1. The maximum absolute atomic E-state index is 14.2. The fourth-order valence-corrected chi connectivity index (χ4v) is 3.08. The molecule has 0 radical (unpaired) electrons. The van der Waals surface area contributed by atoms with Crippen LogP contribution in [0.2, 0.25) is 0 Å². The van der Waals surface area contributed by atoms with Gasteiger partial charge < -0.3 is 9.64 Å². The van der Waals surface area contributed by atoms with Crippen LogP contribution < -0.4 is 4.90 Å². The number of hydrogen-bond donors (Lipinski definition) is 0. The highest BCUT2D eigenvalue weighted by atomic mass is 19.1. The van der Waals surface area contributed by atoms with Crippen LogP contribution in [0.5, 0.6) is 0 Å². The minimum absolute atomic E-state index is 0.0965. The van der Waals surface area contributed by atoms with Crippen LogP contribution in [0.3, 0.4) is 0 Å². The highest BCUT2D eigenvalue weighted by molar-refractivity contribution is 5.97. The van der Waals surface area contributed by atoms with Crippen LogP contribution in [0.15, 0.2) is 18.2 Å². The van der Waals surface area contributed by atoms with Gasteiger partial charge >= 0.3 is 0 Å². The standard InChI is InChI=1S/C18H25F2NO2/c1-4-9-18(2,3)17(22)21(12-14-6-5-10-23-14)16-8-7-13(19)11-15(16)20/h7-8,11,14H,4-6,9-10,12H2,1-3H3. The Morgan fingerprint density at radius 3 is 2.70 bits per heavy atom. The second-order valence-corrected chi connectivity index (χ2v) is 6.78. The molecule has 0 aromatic heterocycles. The van der Waals surface area contributed by atoms with Crippen molar-refractivity contribution in [2.45, 2.75) is 52.6 Å². The zero-order valence-electron chi connectivity index (χ0n) is 14.1. The molecule has 1 heterocycles. The second-order valence-electron chi connectivity index (χ2n) is 6.78. The van der Waals surface area contributed by atoms with Gasteiger partial charge in [0.05, 0.1) is 18.3 Å². The molecular weight excluding hydrogens is 300 g/mol. The van der Waals surface area contributed by atoms with Gasteiger partial charge in [0.25, 0.3) is 0 Å². The van der Waals surface area contributed by atoms with Gasteiger partial charge in [-0.3, -0.25) is 4.79 Å². The topological polar surface area (TPSA) is 29.5 Å². The molecule has 0 N–H and O–H groups in total. The Kier molecular flexibility index (Phi) is 5.74. The second kappa shape index (κ2) is 7.39. The number of anilines is 1. The fraction of sp³-hybridized carbons (Fsp3) is 0.611.